The molecule has 8 heteroatoms. The van der Waals surface area contributed by atoms with Crippen molar-refractivity contribution in [3.63, 3.8) is 0 Å². The van der Waals surface area contributed by atoms with Gasteiger partial charge in [0.05, 0.1) is 11.6 Å². The first kappa shape index (κ1) is 24.2. The van der Waals surface area contributed by atoms with Crippen LogP contribution < -0.4 is 5.32 Å². The first-order chi connectivity index (χ1) is 16.9. The number of benzene rings is 3. The summed E-state index contributed by atoms with van der Waals surface area (Å²) in [6.45, 7) is 0. The number of aromatic nitrogens is 2. The Kier molecular flexibility index (Phi) is 7.61. The van der Waals surface area contributed by atoms with Gasteiger partial charge in [0.15, 0.2) is 0 Å². The van der Waals surface area contributed by atoms with Gasteiger partial charge in [-0.3, -0.25) is 4.79 Å². The van der Waals surface area contributed by atoms with E-state index in [1.807, 2.05) is 36.4 Å². The van der Waals surface area contributed by atoms with E-state index in [0.29, 0.717) is 28.5 Å². The Bertz CT molecular complexity index is 1430. The molecule has 0 spiro atoms. The summed E-state index contributed by atoms with van der Waals surface area (Å²) in [6.07, 6.45) is 3.54. The number of hydrogen-bond acceptors (Lipinski definition) is 3. The number of amides is 1. The van der Waals surface area contributed by atoms with E-state index in [2.05, 4.69) is 15.3 Å². The highest BCUT2D eigenvalue weighted by Crippen LogP contribution is 2.29. The highest BCUT2D eigenvalue weighted by molar-refractivity contribution is 6.32. The van der Waals surface area contributed by atoms with E-state index < -0.39 is 11.9 Å². The number of rotatable bonds is 7. The molecule has 1 amide bonds. The van der Waals surface area contributed by atoms with E-state index >= 15 is 0 Å². The predicted octanol–water partition coefficient (Wildman–Crippen LogP) is 6.51. The average molecular weight is 505 g/mol. The van der Waals surface area contributed by atoms with Crippen LogP contribution in [0.4, 0.5) is 4.39 Å². The minimum atomic E-state index is -0.661. The quantitative estimate of drug-likeness (QED) is 0.281. The number of carbonyl (C=O) groups is 1. The molecule has 5 nitrogen and oxygen atoms in total. The van der Waals surface area contributed by atoms with Gasteiger partial charge in [-0.2, -0.15) is 5.26 Å². The second-order valence-electron chi connectivity index (χ2n) is 7.73. The first-order valence-corrected chi connectivity index (χ1v) is 11.4. The monoisotopic (exact) mass is 504 g/mol. The van der Waals surface area contributed by atoms with Crippen LogP contribution in [-0.4, -0.2) is 15.9 Å². The number of nitrogens with one attached hydrogen (secondary N) is 2. The molecule has 1 aromatic heterocycles. The molecule has 35 heavy (non-hydrogen) atoms. The second-order valence-corrected chi connectivity index (χ2v) is 8.54. The summed E-state index contributed by atoms with van der Waals surface area (Å²) in [6, 6.07) is 22.2. The molecule has 0 saturated heterocycles. The van der Waals surface area contributed by atoms with Crippen molar-refractivity contribution in [2.24, 2.45) is 0 Å². The fraction of sp³-hybridized carbons (Fsp3) is 0.0741. The van der Waals surface area contributed by atoms with E-state index in [1.54, 1.807) is 36.4 Å². The minimum Gasteiger partial charge on any atom is -0.342 e. The summed E-state index contributed by atoms with van der Waals surface area (Å²) in [5.74, 6) is -0.571. The summed E-state index contributed by atoms with van der Waals surface area (Å²) in [4.78, 5) is 20.3. The molecule has 4 aromatic rings. The van der Waals surface area contributed by atoms with Gasteiger partial charge >= 0.3 is 0 Å². The Balaban J connectivity index is 1.61. The lowest BCUT2D eigenvalue weighted by Crippen LogP contribution is -2.29. The minimum absolute atomic E-state index is 0.0682. The molecule has 0 saturated carbocycles. The van der Waals surface area contributed by atoms with Gasteiger partial charge in [-0.1, -0.05) is 71.7 Å². The third-order valence-electron chi connectivity index (χ3n) is 5.25. The molecule has 0 bridgehead atoms. The number of carbonyl (C=O) groups excluding carboxylic acids is 1. The van der Waals surface area contributed by atoms with E-state index in [0.717, 1.165) is 11.1 Å². The number of nitriles is 1. The highest BCUT2D eigenvalue weighted by atomic mass is 35.5. The molecule has 174 valence electrons. The lowest BCUT2D eigenvalue weighted by molar-refractivity contribution is -0.117. The molecule has 0 fully saturated rings. The van der Waals surface area contributed by atoms with Crippen LogP contribution in [-0.2, 0) is 11.2 Å². The lowest BCUT2D eigenvalue weighted by Gasteiger charge is -2.16. The van der Waals surface area contributed by atoms with Crippen molar-refractivity contribution in [1.29, 1.82) is 5.26 Å². The lowest BCUT2D eigenvalue weighted by atomic mass is 10.1. The van der Waals surface area contributed by atoms with Crippen LogP contribution in [0.1, 0.15) is 28.6 Å². The Morgan fingerprint density at radius 3 is 2.63 bits per heavy atom. The first-order valence-electron chi connectivity index (χ1n) is 10.7. The van der Waals surface area contributed by atoms with Crippen molar-refractivity contribution in [2.45, 2.75) is 12.5 Å². The smallest absolute Gasteiger partial charge is 0.244 e. The van der Waals surface area contributed by atoms with Gasteiger partial charge in [0.1, 0.15) is 28.6 Å². The fourth-order valence-electron chi connectivity index (χ4n) is 3.55. The van der Waals surface area contributed by atoms with Crippen LogP contribution in [0.5, 0.6) is 0 Å². The summed E-state index contributed by atoms with van der Waals surface area (Å²) >= 11 is 12.4. The third kappa shape index (κ3) is 6.15. The van der Waals surface area contributed by atoms with Gasteiger partial charge in [-0.15, -0.1) is 0 Å². The van der Waals surface area contributed by atoms with Gasteiger partial charge < -0.3 is 10.3 Å². The van der Waals surface area contributed by atoms with Gasteiger partial charge in [0.25, 0.3) is 0 Å². The van der Waals surface area contributed by atoms with E-state index in [4.69, 9.17) is 28.5 Å². The largest absolute Gasteiger partial charge is 0.342 e. The maximum absolute atomic E-state index is 14.2. The van der Waals surface area contributed by atoms with Gasteiger partial charge in [0.2, 0.25) is 5.91 Å². The number of H-pyrrole nitrogens is 1. The zero-order valence-electron chi connectivity index (χ0n) is 18.3. The summed E-state index contributed by atoms with van der Waals surface area (Å²) in [7, 11) is 0. The predicted molar refractivity (Wildman–Crippen MR) is 135 cm³/mol. The molecule has 0 unspecified atom stereocenters. The Labute approximate surface area is 211 Å². The molecule has 0 aliphatic rings. The van der Waals surface area contributed by atoms with Crippen LogP contribution >= 0.6 is 23.2 Å². The highest BCUT2D eigenvalue weighted by Gasteiger charge is 2.21. The molecule has 1 heterocycles. The molecular weight excluding hydrogens is 486 g/mol. The summed E-state index contributed by atoms with van der Waals surface area (Å²) in [5.41, 5.74) is 2.45. The normalized spacial score (nSPS) is 11.8. The standard InChI is InChI=1S/C27H19Cl2FN4O/c28-21-8-4-7-18(13-21)9-12-24(35)32-23(14-17-5-2-1-3-6-17)27-33-25(26(29)34-27)19-10-11-20(16-31)22(30)15-19/h1-13,15,23H,14H2,(H,32,35)(H,33,34)/b12-9+/t23-/m0/s1. The zero-order chi connectivity index (χ0) is 24.8. The van der Waals surface area contributed by atoms with Crippen LogP contribution in [0.15, 0.2) is 78.9 Å². The van der Waals surface area contributed by atoms with Crippen LogP contribution in [0.2, 0.25) is 10.2 Å². The third-order valence-corrected chi connectivity index (χ3v) is 5.75. The van der Waals surface area contributed by atoms with E-state index in [9.17, 15) is 9.18 Å². The number of imidazole rings is 1. The van der Waals surface area contributed by atoms with E-state index in [-0.39, 0.29) is 16.6 Å². The topological polar surface area (TPSA) is 81.6 Å². The molecule has 0 aliphatic carbocycles. The summed E-state index contributed by atoms with van der Waals surface area (Å²) < 4.78 is 14.2. The molecule has 0 aliphatic heterocycles. The van der Waals surface area contributed by atoms with Gasteiger partial charge in [-0.05, 0) is 47.9 Å². The van der Waals surface area contributed by atoms with Crippen LogP contribution in [0, 0.1) is 17.1 Å². The van der Waals surface area contributed by atoms with Crippen molar-refractivity contribution in [2.75, 3.05) is 0 Å². The molecule has 1 atom stereocenters. The van der Waals surface area contributed by atoms with Gasteiger partial charge in [0, 0.05) is 16.7 Å². The number of aromatic amines is 1. The van der Waals surface area contributed by atoms with Crippen molar-refractivity contribution < 1.29 is 9.18 Å². The molecule has 2 N–H and O–H groups in total. The Morgan fingerprint density at radius 1 is 1.11 bits per heavy atom. The van der Waals surface area contributed by atoms with E-state index in [1.165, 1.54) is 18.2 Å². The van der Waals surface area contributed by atoms with Crippen molar-refractivity contribution in [1.82, 2.24) is 15.3 Å². The maximum Gasteiger partial charge on any atom is 0.244 e. The molecular formula is C27H19Cl2FN4O. The van der Waals surface area contributed by atoms with Crippen LogP contribution in [0.3, 0.4) is 0 Å². The fourth-order valence-corrected chi connectivity index (χ4v) is 3.99. The van der Waals surface area contributed by atoms with Crippen molar-refractivity contribution in [3.05, 3.63) is 117 Å². The average Bonchev–Trinajstić information content (AvgIpc) is 3.24. The SMILES string of the molecule is N#Cc1ccc(-c2nc([C@H](Cc3ccccc3)NC(=O)/C=C/c3cccc(Cl)c3)[nH]c2Cl)cc1F. The number of hydrogen-bond donors (Lipinski definition) is 2. The zero-order valence-corrected chi connectivity index (χ0v) is 19.8. The van der Waals surface area contributed by atoms with Crippen molar-refractivity contribution in [3.8, 4) is 17.3 Å². The summed E-state index contributed by atoms with van der Waals surface area (Å²) in [5, 5.41) is 12.7. The molecule has 4 rings (SSSR count). The molecule has 0 radical (unpaired) electrons. The molecule has 3 aromatic carbocycles. The number of halogens is 3. The maximum atomic E-state index is 14.2. The van der Waals surface area contributed by atoms with Gasteiger partial charge in [-0.25, -0.2) is 9.37 Å². The van der Waals surface area contributed by atoms with Crippen molar-refractivity contribution >= 4 is 35.2 Å². The second kappa shape index (κ2) is 11.0. The number of nitrogens with zero attached hydrogens (tertiary/aromatic N) is 2. The Hall–Kier alpha value is -3.92. The Morgan fingerprint density at radius 2 is 1.91 bits per heavy atom. The van der Waals surface area contributed by atoms with Crippen LogP contribution in [0.25, 0.3) is 17.3 Å².